The molecule has 1 N–H and O–H groups in total. The van der Waals surface area contributed by atoms with Crippen LogP contribution < -0.4 is 0 Å². The van der Waals surface area contributed by atoms with E-state index < -0.39 is 23.5 Å². The second-order valence-electron chi connectivity index (χ2n) is 4.11. The highest BCUT2D eigenvalue weighted by Gasteiger charge is 2.23. The van der Waals surface area contributed by atoms with Crippen molar-refractivity contribution in [2.24, 2.45) is 11.8 Å². The van der Waals surface area contributed by atoms with Gasteiger partial charge < -0.3 is 5.11 Å². The average Bonchev–Trinajstić information content (AvgIpc) is 2.19. The number of halogens is 2. The minimum atomic E-state index is -0.987. The zero-order chi connectivity index (χ0) is 12.3. The molecule has 1 aromatic carbocycles. The summed E-state index contributed by atoms with van der Waals surface area (Å²) in [5.41, 5.74) is 0.112. The van der Waals surface area contributed by atoms with Crippen LogP contribution in [0.2, 0.25) is 0 Å². The van der Waals surface area contributed by atoms with Crippen molar-refractivity contribution in [3.05, 3.63) is 35.4 Å². The summed E-state index contributed by atoms with van der Waals surface area (Å²) in [6.45, 7) is 3.49. The van der Waals surface area contributed by atoms with E-state index in [9.17, 15) is 13.6 Å². The SMILES string of the molecule is CC(C)C(Cc1cccc(F)c1F)C(=O)O. The first-order valence-corrected chi connectivity index (χ1v) is 5.09. The number of rotatable bonds is 4. The van der Waals surface area contributed by atoms with Crippen LogP contribution in [0.15, 0.2) is 18.2 Å². The number of hydrogen-bond acceptors (Lipinski definition) is 1. The summed E-state index contributed by atoms with van der Waals surface area (Å²) in [7, 11) is 0. The fourth-order valence-corrected chi connectivity index (χ4v) is 1.55. The van der Waals surface area contributed by atoms with Crippen molar-refractivity contribution in [2.45, 2.75) is 20.3 Å². The molecule has 0 aliphatic heterocycles. The zero-order valence-corrected chi connectivity index (χ0v) is 9.21. The lowest BCUT2D eigenvalue weighted by Crippen LogP contribution is -2.22. The maximum atomic E-state index is 13.3. The molecule has 88 valence electrons. The molecule has 1 unspecified atom stereocenters. The molecule has 0 aliphatic rings. The first kappa shape index (κ1) is 12.6. The Morgan fingerprint density at radius 1 is 1.38 bits per heavy atom. The van der Waals surface area contributed by atoms with E-state index in [1.807, 2.05) is 0 Å². The van der Waals surface area contributed by atoms with Gasteiger partial charge in [0.1, 0.15) is 0 Å². The number of carbonyl (C=O) groups is 1. The van der Waals surface area contributed by atoms with Crippen molar-refractivity contribution in [2.75, 3.05) is 0 Å². The molecule has 0 aliphatic carbocycles. The molecule has 0 heterocycles. The van der Waals surface area contributed by atoms with E-state index in [0.717, 1.165) is 6.07 Å². The zero-order valence-electron chi connectivity index (χ0n) is 9.21. The van der Waals surface area contributed by atoms with Crippen molar-refractivity contribution in [1.29, 1.82) is 0 Å². The van der Waals surface area contributed by atoms with Crippen LogP contribution in [0, 0.1) is 23.5 Å². The molecule has 0 radical (unpaired) electrons. The predicted molar refractivity (Wildman–Crippen MR) is 56.0 cm³/mol. The fourth-order valence-electron chi connectivity index (χ4n) is 1.55. The molecule has 0 saturated heterocycles. The van der Waals surface area contributed by atoms with Crippen molar-refractivity contribution >= 4 is 5.97 Å². The van der Waals surface area contributed by atoms with Gasteiger partial charge in [0.2, 0.25) is 0 Å². The largest absolute Gasteiger partial charge is 0.481 e. The molecule has 0 amide bonds. The number of carboxylic acids is 1. The highest BCUT2D eigenvalue weighted by molar-refractivity contribution is 5.70. The van der Waals surface area contributed by atoms with Gasteiger partial charge in [0, 0.05) is 0 Å². The molecule has 16 heavy (non-hydrogen) atoms. The van der Waals surface area contributed by atoms with Gasteiger partial charge in [-0.2, -0.15) is 0 Å². The Hall–Kier alpha value is -1.45. The Bertz CT molecular complexity index is 389. The van der Waals surface area contributed by atoms with Crippen LogP contribution in [0.25, 0.3) is 0 Å². The van der Waals surface area contributed by atoms with Crippen molar-refractivity contribution in [3.63, 3.8) is 0 Å². The van der Waals surface area contributed by atoms with E-state index in [2.05, 4.69) is 0 Å². The second-order valence-corrected chi connectivity index (χ2v) is 4.11. The number of aliphatic carboxylic acids is 1. The third kappa shape index (κ3) is 2.78. The molecule has 0 fully saturated rings. The van der Waals surface area contributed by atoms with Crippen LogP contribution in [0.5, 0.6) is 0 Å². The standard InChI is InChI=1S/C12H14F2O2/c1-7(2)9(12(15)16)6-8-4-3-5-10(13)11(8)14/h3-5,7,9H,6H2,1-2H3,(H,15,16). The van der Waals surface area contributed by atoms with Crippen LogP contribution >= 0.6 is 0 Å². The van der Waals surface area contributed by atoms with Crippen molar-refractivity contribution in [1.82, 2.24) is 0 Å². The summed E-state index contributed by atoms with van der Waals surface area (Å²) >= 11 is 0. The lowest BCUT2D eigenvalue weighted by molar-refractivity contribution is -0.143. The number of benzene rings is 1. The quantitative estimate of drug-likeness (QED) is 0.860. The first-order chi connectivity index (χ1) is 7.43. The van der Waals surface area contributed by atoms with Gasteiger partial charge in [-0.3, -0.25) is 4.79 Å². The van der Waals surface area contributed by atoms with Gasteiger partial charge in [0.25, 0.3) is 0 Å². The monoisotopic (exact) mass is 228 g/mol. The van der Waals surface area contributed by atoms with Crippen LogP contribution in [0.1, 0.15) is 19.4 Å². The molecule has 1 aromatic rings. The maximum absolute atomic E-state index is 13.3. The third-order valence-corrected chi connectivity index (χ3v) is 2.59. The van der Waals surface area contributed by atoms with Gasteiger partial charge in [-0.05, 0) is 24.0 Å². The van der Waals surface area contributed by atoms with Crippen LogP contribution in [0.4, 0.5) is 8.78 Å². The lowest BCUT2D eigenvalue weighted by atomic mass is 9.89. The highest BCUT2D eigenvalue weighted by Crippen LogP contribution is 2.20. The van der Waals surface area contributed by atoms with Crippen LogP contribution in [-0.4, -0.2) is 11.1 Å². The van der Waals surface area contributed by atoms with Crippen LogP contribution in [-0.2, 0) is 11.2 Å². The fraction of sp³-hybridized carbons (Fsp3) is 0.417. The summed E-state index contributed by atoms with van der Waals surface area (Å²) in [6, 6.07) is 3.81. The third-order valence-electron chi connectivity index (χ3n) is 2.59. The van der Waals surface area contributed by atoms with Gasteiger partial charge in [0.15, 0.2) is 11.6 Å². The summed E-state index contributed by atoms with van der Waals surface area (Å²) < 4.78 is 26.2. The molecular weight excluding hydrogens is 214 g/mol. The number of carboxylic acid groups (broad SMARTS) is 1. The van der Waals surface area contributed by atoms with E-state index in [0.29, 0.717) is 0 Å². The minimum absolute atomic E-state index is 0.0105. The lowest BCUT2D eigenvalue weighted by Gasteiger charge is -2.16. The molecule has 1 atom stereocenters. The Labute approximate surface area is 92.9 Å². The molecule has 0 bridgehead atoms. The van der Waals surface area contributed by atoms with Crippen molar-refractivity contribution < 1.29 is 18.7 Å². The van der Waals surface area contributed by atoms with Gasteiger partial charge in [-0.1, -0.05) is 26.0 Å². The molecule has 0 aromatic heterocycles. The minimum Gasteiger partial charge on any atom is -0.481 e. The maximum Gasteiger partial charge on any atom is 0.307 e. The Kier molecular flexibility index (Phi) is 3.99. The summed E-state index contributed by atoms with van der Waals surface area (Å²) in [5, 5.41) is 8.95. The molecule has 0 spiro atoms. The smallest absolute Gasteiger partial charge is 0.307 e. The average molecular weight is 228 g/mol. The van der Waals surface area contributed by atoms with Crippen LogP contribution in [0.3, 0.4) is 0 Å². The number of hydrogen-bond donors (Lipinski definition) is 1. The summed E-state index contributed by atoms with van der Waals surface area (Å²) in [5.74, 6) is -3.70. The van der Waals surface area contributed by atoms with Crippen molar-refractivity contribution in [3.8, 4) is 0 Å². The highest BCUT2D eigenvalue weighted by atomic mass is 19.2. The molecule has 0 saturated carbocycles. The van der Waals surface area contributed by atoms with E-state index in [-0.39, 0.29) is 17.9 Å². The van der Waals surface area contributed by atoms with Gasteiger partial charge in [0.05, 0.1) is 5.92 Å². The second kappa shape index (κ2) is 5.05. The normalized spacial score (nSPS) is 12.8. The van der Waals surface area contributed by atoms with E-state index >= 15 is 0 Å². The Morgan fingerprint density at radius 2 is 2.00 bits per heavy atom. The Balaban J connectivity index is 2.94. The molecular formula is C12H14F2O2. The van der Waals surface area contributed by atoms with E-state index in [1.54, 1.807) is 13.8 Å². The predicted octanol–water partition coefficient (Wildman–Crippen LogP) is 2.86. The van der Waals surface area contributed by atoms with E-state index in [1.165, 1.54) is 12.1 Å². The molecule has 2 nitrogen and oxygen atoms in total. The van der Waals surface area contributed by atoms with Gasteiger partial charge in [-0.25, -0.2) is 8.78 Å². The molecule has 4 heteroatoms. The Morgan fingerprint density at radius 3 is 2.50 bits per heavy atom. The summed E-state index contributed by atoms with van der Waals surface area (Å²) in [4.78, 5) is 10.9. The van der Waals surface area contributed by atoms with Gasteiger partial charge in [-0.15, -0.1) is 0 Å². The van der Waals surface area contributed by atoms with Gasteiger partial charge >= 0.3 is 5.97 Å². The topological polar surface area (TPSA) is 37.3 Å². The molecule has 1 rings (SSSR count). The van der Waals surface area contributed by atoms with E-state index in [4.69, 9.17) is 5.11 Å². The summed E-state index contributed by atoms with van der Waals surface area (Å²) in [6.07, 6.45) is 0.0105. The first-order valence-electron chi connectivity index (χ1n) is 5.09.